The molecule has 2 aromatic carbocycles. The molecule has 2 N–H and O–H groups in total. The van der Waals surface area contributed by atoms with E-state index in [2.05, 4.69) is 0 Å². The van der Waals surface area contributed by atoms with Gasteiger partial charge in [0, 0.05) is 35.7 Å². The Hall–Kier alpha value is -1.61. The first kappa shape index (κ1) is 23.1. The van der Waals surface area contributed by atoms with Gasteiger partial charge in [-0.3, -0.25) is 13.7 Å². The Kier molecular flexibility index (Phi) is 6.53. The Bertz CT molecular complexity index is 1130. The van der Waals surface area contributed by atoms with Crippen LogP contribution in [0.5, 0.6) is 0 Å². The van der Waals surface area contributed by atoms with Gasteiger partial charge in [-0.05, 0) is 48.4 Å². The predicted molar refractivity (Wildman–Crippen MR) is 116 cm³/mol. The highest BCUT2D eigenvalue weighted by atomic mass is 35.5. The number of amides is 1. The van der Waals surface area contributed by atoms with E-state index in [-0.39, 0.29) is 26.5 Å². The SMILES string of the molecule is CC(=O)N1CCc2cc(N(CCP(=O)(O)O)S(=O)(=O)c3cc(Cl)cc(Cl)c3)ccc21. The van der Waals surface area contributed by atoms with Crippen LogP contribution in [0, 0.1) is 0 Å². The number of nitrogens with zero attached hydrogens (tertiary/aromatic N) is 2. The average molecular weight is 493 g/mol. The lowest BCUT2D eigenvalue weighted by molar-refractivity contribution is -0.116. The molecule has 0 fully saturated rings. The van der Waals surface area contributed by atoms with E-state index in [1.807, 2.05) is 0 Å². The first-order valence-corrected chi connectivity index (χ1v) is 12.8. The Morgan fingerprint density at radius 1 is 1.17 bits per heavy atom. The molecule has 0 aromatic heterocycles. The van der Waals surface area contributed by atoms with E-state index in [1.165, 1.54) is 31.2 Å². The van der Waals surface area contributed by atoms with Gasteiger partial charge in [0.2, 0.25) is 5.91 Å². The van der Waals surface area contributed by atoms with Gasteiger partial charge >= 0.3 is 7.60 Å². The van der Waals surface area contributed by atoms with E-state index in [1.54, 1.807) is 17.0 Å². The third-order valence-corrected chi connectivity index (χ3v) is 7.67. The number of halogens is 2. The minimum absolute atomic E-state index is 0.113. The van der Waals surface area contributed by atoms with Crippen molar-refractivity contribution in [2.24, 2.45) is 0 Å². The molecule has 2 aromatic rings. The van der Waals surface area contributed by atoms with Crippen molar-refractivity contribution in [3.05, 3.63) is 52.0 Å². The number of benzene rings is 2. The molecule has 30 heavy (non-hydrogen) atoms. The zero-order valence-electron chi connectivity index (χ0n) is 15.8. The van der Waals surface area contributed by atoms with Crippen LogP contribution in [0.15, 0.2) is 41.3 Å². The summed E-state index contributed by atoms with van der Waals surface area (Å²) < 4.78 is 39.0. The number of hydrogen-bond donors (Lipinski definition) is 2. The van der Waals surface area contributed by atoms with Gasteiger partial charge < -0.3 is 14.7 Å². The average Bonchev–Trinajstić information content (AvgIpc) is 3.03. The van der Waals surface area contributed by atoms with E-state index in [0.29, 0.717) is 18.7 Å². The maximum atomic E-state index is 13.3. The molecule has 3 rings (SSSR count). The molecule has 0 saturated heterocycles. The quantitative estimate of drug-likeness (QED) is 0.597. The van der Waals surface area contributed by atoms with Crippen LogP contribution in [0.1, 0.15) is 12.5 Å². The molecule has 0 radical (unpaired) electrons. The number of anilines is 2. The van der Waals surface area contributed by atoms with Gasteiger partial charge in [-0.2, -0.15) is 0 Å². The van der Waals surface area contributed by atoms with Crippen LogP contribution in [-0.4, -0.2) is 43.4 Å². The highest BCUT2D eigenvalue weighted by molar-refractivity contribution is 7.92. The lowest BCUT2D eigenvalue weighted by Crippen LogP contribution is -2.33. The van der Waals surface area contributed by atoms with Crippen LogP contribution in [0.4, 0.5) is 11.4 Å². The molecule has 0 saturated carbocycles. The molecule has 162 valence electrons. The topological polar surface area (TPSA) is 115 Å². The Balaban J connectivity index is 2.07. The summed E-state index contributed by atoms with van der Waals surface area (Å²) in [5.41, 5.74) is 1.68. The minimum Gasteiger partial charge on any atom is -0.324 e. The maximum Gasteiger partial charge on any atom is 0.327 e. The van der Waals surface area contributed by atoms with Crippen LogP contribution in [-0.2, 0) is 25.8 Å². The summed E-state index contributed by atoms with van der Waals surface area (Å²) in [7, 11) is -8.70. The van der Waals surface area contributed by atoms with Crippen LogP contribution in [0.3, 0.4) is 0 Å². The standard InChI is InChI=1S/C18H19Cl2N2O6PS/c1-12(23)21-5-4-13-8-16(2-3-18(13)21)22(6-7-29(24,25)26)30(27,28)17-10-14(19)9-15(20)11-17/h2-3,8-11H,4-7H2,1H3,(H2,24,25,26). The summed E-state index contributed by atoms with van der Waals surface area (Å²) in [5.74, 6) is -0.124. The summed E-state index contributed by atoms with van der Waals surface area (Å²) in [6, 6.07) is 8.57. The number of carbonyl (C=O) groups excluding carboxylic acids is 1. The van der Waals surface area contributed by atoms with E-state index in [0.717, 1.165) is 9.87 Å². The lowest BCUT2D eigenvalue weighted by atomic mass is 10.1. The van der Waals surface area contributed by atoms with Crippen molar-refractivity contribution in [3.63, 3.8) is 0 Å². The third kappa shape index (κ3) is 4.99. The maximum absolute atomic E-state index is 13.3. The fourth-order valence-electron chi connectivity index (χ4n) is 3.28. The lowest BCUT2D eigenvalue weighted by Gasteiger charge is -2.26. The van der Waals surface area contributed by atoms with E-state index in [4.69, 9.17) is 23.2 Å². The second-order valence-corrected chi connectivity index (χ2v) is 11.3. The van der Waals surface area contributed by atoms with Crippen molar-refractivity contribution in [3.8, 4) is 0 Å². The molecule has 0 atom stereocenters. The molecule has 0 bridgehead atoms. The van der Waals surface area contributed by atoms with Crippen molar-refractivity contribution >= 4 is 58.1 Å². The largest absolute Gasteiger partial charge is 0.327 e. The number of sulfonamides is 1. The summed E-state index contributed by atoms with van der Waals surface area (Å²) in [5, 5.41) is 0.226. The molecule has 0 aliphatic carbocycles. The van der Waals surface area contributed by atoms with Gasteiger partial charge in [0.1, 0.15) is 0 Å². The zero-order chi connectivity index (χ0) is 22.3. The fourth-order valence-corrected chi connectivity index (χ4v) is 6.06. The van der Waals surface area contributed by atoms with Crippen LogP contribution >= 0.6 is 30.8 Å². The van der Waals surface area contributed by atoms with Gasteiger partial charge in [0.15, 0.2) is 0 Å². The molecular weight excluding hydrogens is 474 g/mol. The Labute approximate surface area is 184 Å². The van der Waals surface area contributed by atoms with Crippen molar-refractivity contribution in [1.82, 2.24) is 0 Å². The molecule has 8 nitrogen and oxygen atoms in total. The zero-order valence-corrected chi connectivity index (χ0v) is 19.0. The second kappa shape index (κ2) is 8.49. The first-order valence-electron chi connectivity index (χ1n) is 8.83. The number of carbonyl (C=O) groups is 1. The molecule has 1 amide bonds. The minimum atomic E-state index is -4.47. The van der Waals surface area contributed by atoms with Crippen molar-refractivity contribution in [2.75, 3.05) is 28.5 Å². The molecular formula is C18H19Cl2N2O6PS. The highest BCUT2D eigenvalue weighted by Gasteiger charge is 2.30. The van der Waals surface area contributed by atoms with Crippen LogP contribution < -0.4 is 9.21 Å². The van der Waals surface area contributed by atoms with Gasteiger partial charge in [-0.1, -0.05) is 23.2 Å². The van der Waals surface area contributed by atoms with E-state index in [9.17, 15) is 27.6 Å². The van der Waals surface area contributed by atoms with E-state index >= 15 is 0 Å². The number of fused-ring (bicyclic) bond motifs is 1. The normalized spacial score (nSPS) is 14.0. The van der Waals surface area contributed by atoms with Crippen molar-refractivity contribution in [2.45, 2.75) is 18.2 Å². The molecule has 0 unspecified atom stereocenters. The van der Waals surface area contributed by atoms with Crippen molar-refractivity contribution < 1.29 is 27.6 Å². The molecule has 1 aliphatic heterocycles. The van der Waals surface area contributed by atoms with Gasteiger partial charge in [0.05, 0.1) is 16.7 Å². The predicted octanol–water partition coefficient (Wildman–Crippen LogP) is 3.28. The van der Waals surface area contributed by atoms with Crippen LogP contribution in [0.2, 0.25) is 10.0 Å². The molecule has 1 aliphatic rings. The number of hydrogen-bond acceptors (Lipinski definition) is 4. The van der Waals surface area contributed by atoms with Gasteiger partial charge in [0.25, 0.3) is 10.0 Å². The fraction of sp³-hybridized carbons (Fsp3) is 0.278. The van der Waals surface area contributed by atoms with Crippen LogP contribution in [0.25, 0.3) is 0 Å². The smallest absolute Gasteiger partial charge is 0.324 e. The third-order valence-electron chi connectivity index (χ3n) is 4.65. The van der Waals surface area contributed by atoms with E-state index < -0.39 is 30.3 Å². The molecule has 0 spiro atoms. The molecule has 1 heterocycles. The van der Waals surface area contributed by atoms with Gasteiger partial charge in [-0.25, -0.2) is 8.42 Å². The Morgan fingerprint density at radius 2 is 1.80 bits per heavy atom. The number of rotatable bonds is 6. The summed E-state index contributed by atoms with van der Waals surface area (Å²) in [6.45, 7) is 1.47. The highest BCUT2D eigenvalue weighted by Crippen LogP contribution is 2.38. The summed E-state index contributed by atoms with van der Waals surface area (Å²) in [6.07, 6.45) is -0.130. The van der Waals surface area contributed by atoms with Crippen molar-refractivity contribution in [1.29, 1.82) is 0 Å². The monoisotopic (exact) mass is 492 g/mol. The summed E-state index contributed by atoms with van der Waals surface area (Å²) >= 11 is 11.9. The second-order valence-electron chi connectivity index (χ2n) is 6.80. The Morgan fingerprint density at radius 3 is 2.37 bits per heavy atom. The van der Waals surface area contributed by atoms with Gasteiger partial charge in [-0.15, -0.1) is 0 Å². The molecule has 12 heteroatoms. The first-order chi connectivity index (χ1) is 13.9. The summed E-state index contributed by atoms with van der Waals surface area (Å²) in [4.78, 5) is 31.7.